The summed E-state index contributed by atoms with van der Waals surface area (Å²) < 4.78 is 48.6. The first-order chi connectivity index (χ1) is 27.4. The molecule has 0 aliphatic carbocycles. The van der Waals surface area contributed by atoms with E-state index in [0.717, 1.165) is 33.2 Å². The summed E-state index contributed by atoms with van der Waals surface area (Å²) in [5, 5.41) is 7.94. The average Bonchev–Trinajstić information content (AvgIpc) is 3.63. The Labute approximate surface area is 303 Å². The Morgan fingerprint density at radius 1 is 0.353 bits per heavy atom. The van der Waals surface area contributed by atoms with E-state index in [1.807, 2.05) is 42.5 Å². The van der Waals surface area contributed by atoms with E-state index in [1.54, 1.807) is 6.07 Å². The molecule has 0 unspecified atom stereocenters. The highest BCUT2D eigenvalue weighted by atomic mass is 16.3. The number of hydrogen-bond donors (Lipinski definition) is 0. The van der Waals surface area contributed by atoms with E-state index in [1.165, 1.54) is 43.4 Å². The Bertz CT molecular complexity index is 3090. The summed E-state index contributed by atoms with van der Waals surface area (Å²) in [6.45, 7) is 0. The summed E-state index contributed by atoms with van der Waals surface area (Å²) >= 11 is 0. The molecule has 0 saturated carbocycles. The molecule has 0 aliphatic heterocycles. The Balaban J connectivity index is 1.18. The fraction of sp³-hybridized carbons (Fsp3) is 0. The molecule has 238 valence electrons. The molecular weight excluding hydrogens is 617 g/mol. The third-order valence-corrected chi connectivity index (χ3v) is 9.97. The maximum Gasteiger partial charge on any atom is 0.143 e. The average molecular weight is 654 g/mol. The van der Waals surface area contributed by atoms with E-state index in [2.05, 4.69) is 115 Å². The quantitative estimate of drug-likeness (QED) is 0.169. The van der Waals surface area contributed by atoms with Crippen LogP contribution in [0.5, 0.6) is 0 Å². The van der Waals surface area contributed by atoms with Crippen LogP contribution in [0.15, 0.2) is 198 Å². The smallest absolute Gasteiger partial charge is 0.143 e. The molecule has 1 heteroatoms. The minimum absolute atomic E-state index is 0.160. The summed E-state index contributed by atoms with van der Waals surface area (Å²) in [4.78, 5) is 0. The van der Waals surface area contributed by atoms with Crippen LogP contribution in [0.25, 0.3) is 99.1 Å². The second-order valence-corrected chi connectivity index (χ2v) is 12.8. The van der Waals surface area contributed by atoms with E-state index >= 15 is 0 Å². The van der Waals surface area contributed by atoms with Gasteiger partial charge < -0.3 is 4.42 Å². The maximum absolute atomic E-state index is 8.66. The van der Waals surface area contributed by atoms with E-state index in [-0.39, 0.29) is 29.7 Å². The molecule has 0 aliphatic rings. The molecule has 0 bridgehead atoms. The Kier molecular flexibility index (Phi) is 5.76. The van der Waals surface area contributed by atoms with Crippen LogP contribution in [0.3, 0.4) is 0 Å². The zero-order valence-electron chi connectivity index (χ0n) is 32.5. The Hall–Kier alpha value is -6.70. The first kappa shape index (κ1) is 24.4. The summed E-state index contributed by atoms with van der Waals surface area (Å²) in [6.07, 6.45) is 0. The van der Waals surface area contributed by atoms with Crippen LogP contribution >= 0.6 is 0 Å². The molecule has 51 heavy (non-hydrogen) atoms. The monoisotopic (exact) mass is 653 g/mol. The van der Waals surface area contributed by atoms with Gasteiger partial charge >= 0.3 is 0 Å². The van der Waals surface area contributed by atoms with Crippen LogP contribution in [-0.2, 0) is 0 Å². The fourth-order valence-electron chi connectivity index (χ4n) is 7.70. The number of fused-ring (bicyclic) bond motifs is 4. The molecule has 0 fully saturated rings. The molecule has 0 saturated heterocycles. The zero-order chi connectivity index (χ0) is 38.1. The molecule has 10 aromatic rings. The molecule has 0 spiro atoms. The van der Waals surface area contributed by atoms with Crippen molar-refractivity contribution in [1.29, 1.82) is 0 Å². The van der Waals surface area contributed by atoms with Gasteiger partial charge in [-0.15, -0.1) is 0 Å². The fourth-order valence-corrected chi connectivity index (χ4v) is 7.70. The van der Waals surface area contributed by atoms with Gasteiger partial charge in [0.25, 0.3) is 0 Å². The van der Waals surface area contributed by atoms with Gasteiger partial charge in [-0.25, -0.2) is 0 Å². The first-order valence-corrected chi connectivity index (χ1v) is 17.1. The molecule has 1 heterocycles. The number of rotatable bonds is 5. The molecule has 0 atom stereocenters. The van der Waals surface area contributed by atoms with Crippen molar-refractivity contribution < 1.29 is 11.3 Å². The van der Waals surface area contributed by atoms with Gasteiger partial charge in [-0.2, -0.15) is 0 Å². The van der Waals surface area contributed by atoms with E-state index in [9.17, 15) is 0 Å². The van der Waals surface area contributed by atoms with Crippen LogP contribution in [0.4, 0.5) is 0 Å². The Morgan fingerprint density at radius 3 is 1.59 bits per heavy atom. The lowest BCUT2D eigenvalue weighted by Crippen LogP contribution is -1.91. The lowest BCUT2D eigenvalue weighted by molar-refractivity contribution is 0.632. The summed E-state index contributed by atoms with van der Waals surface area (Å²) in [5.41, 5.74) is 8.72. The van der Waals surface area contributed by atoms with Crippen molar-refractivity contribution in [2.24, 2.45) is 0 Å². The third-order valence-electron chi connectivity index (χ3n) is 9.97. The number of hydrogen-bond acceptors (Lipinski definition) is 1. The predicted octanol–water partition coefficient (Wildman–Crippen LogP) is 14.2. The van der Waals surface area contributed by atoms with Gasteiger partial charge in [0, 0.05) is 16.5 Å². The summed E-state index contributed by atoms with van der Waals surface area (Å²) in [5.74, 6) is 0.696. The van der Waals surface area contributed by atoms with Crippen molar-refractivity contribution in [3.63, 3.8) is 0 Å². The highest BCUT2D eigenvalue weighted by molar-refractivity contribution is 6.23. The number of furan rings is 1. The third kappa shape index (κ3) is 4.86. The predicted molar refractivity (Wildman–Crippen MR) is 216 cm³/mol. The highest BCUT2D eigenvalue weighted by Gasteiger charge is 2.21. The van der Waals surface area contributed by atoms with Crippen molar-refractivity contribution in [3.8, 4) is 55.8 Å². The van der Waals surface area contributed by atoms with E-state index in [0.29, 0.717) is 16.9 Å². The molecular formula is C50H32O. The van der Waals surface area contributed by atoms with Crippen LogP contribution in [0, 0.1) is 0 Å². The van der Waals surface area contributed by atoms with Gasteiger partial charge in [-0.05, 0) is 83.4 Å². The standard InChI is InChI=1S/C50H32O/c1-3-14-33(15-4-1)38-30-31-46-45(32-38)48(50(51-46)37-17-5-2-6-18-37)36-28-26-35(27-29-36)47-41-21-9-11-23-43(41)49(44-24-12-10-22-42(44)47)40-25-13-19-34-16-7-8-20-39(34)40/h1-32H/i1D,3D,4D,14D,15D. The van der Waals surface area contributed by atoms with Crippen molar-refractivity contribution in [2.45, 2.75) is 0 Å². The minimum atomic E-state index is -0.413. The van der Waals surface area contributed by atoms with Gasteiger partial charge in [0.15, 0.2) is 0 Å². The van der Waals surface area contributed by atoms with Crippen molar-refractivity contribution in [1.82, 2.24) is 0 Å². The highest BCUT2D eigenvalue weighted by Crippen LogP contribution is 2.47. The van der Waals surface area contributed by atoms with Gasteiger partial charge in [-0.3, -0.25) is 0 Å². The largest absolute Gasteiger partial charge is 0.455 e. The van der Waals surface area contributed by atoms with Gasteiger partial charge in [0.1, 0.15) is 11.3 Å². The van der Waals surface area contributed by atoms with Crippen LogP contribution in [-0.4, -0.2) is 0 Å². The molecule has 9 aromatic carbocycles. The molecule has 0 radical (unpaired) electrons. The molecule has 1 nitrogen and oxygen atoms in total. The van der Waals surface area contributed by atoms with Crippen LogP contribution in [0.2, 0.25) is 0 Å². The zero-order valence-corrected chi connectivity index (χ0v) is 27.5. The normalized spacial score (nSPS) is 12.9. The van der Waals surface area contributed by atoms with Crippen molar-refractivity contribution >= 4 is 43.3 Å². The van der Waals surface area contributed by atoms with Crippen LogP contribution in [0.1, 0.15) is 6.85 Å². The van der Waals surface area contributed by atoms with E-state index in [4.69, 9.17) is 11.3 Å². The topological polar surface area (TPSA) is 13.1 Å². The molecule has 0 amide bonds. The van der Waals surface area contributed by atoms with Gasteiger partial charge in [-0.1, -0.05) is 182 Å². The summed E-state index contributed by atoms with van der Waals surface area (Å²) in [7, 11) is 0. The van der Waals surface area contributed by atoms with Crippen LogP contribution < -0.4 is 0 Å². The van der Waals surface area contributed by atoms with Gasteiger partial charge in [0.2, 0.25) is 0 Å². The van der Waals surface area contributed by atoms with Crippen molar-refractivity contribution in [3.05, 3.63) is 194 Å². The lowest BCUT2D eigenvalue weighted by atomic mass is 9.84. The van der Waals surface area contributed by atoms with Gasteiger partial charge in [0.05, 0.1) is 6.85 Å². The second kappa shape index (κ2) is 12.0. The first-order valence-electron chi connectivity index (χ1n) is 19.6. The summed E-state index contributed by atoms with van der Waals surface area (Å²) in [6, 6.07) is 54.9. The van der Waals surface area contributed by atoms with Crippen molar-refractivity contribution in [2.75, 3.05) is 0 Å². The minimum Gasteiger partial charge on any atom is -0.455 e. The molecule has 1 aromatic heterocycles. The second-order valence-electron chi connectivity index (χ2n) is 12.8. The molecule has 0 N–H and O–H groups in total. The maximum atomic E-state index is 8.66. The Morgan fingerprint density at radius 2 is 0.902 bits per heavy atom. The SMILES string of the molecule is [2H]c1c([2H])c([2H])c(-c2ccc3oc(-c4ccccc4)c(-c4ccc(-c5c6ccccc6c(-c6cccc7ccccc67)c6ccccc56)cc4)c3c2)c([2H])c1[2H]. The molecule has 10 rings (SSSR count). The van der Waals surface area contributed by atoms with E-state index < -0.39 is 6.04 Å². The lowest BCUT2D eigenvalue weighted by Gasteiger charge is -2.19. The number of benzene rings is 9.